The zero-order valence-electron chi connectivity index (χ0n) is 18.3. The van der Waals surface area contributed by atoms with Crippen LogP contribution >= 0.6 is 11.6 Å². The van der Waals surface area contributed by atoms with Crippen LogP contribution in [-0.2, 0) is 6.42 Å². The predicted molar refractivity (Wildman–Crippen MR) is 129 cm³/mol. The van der Waals surface area contributed by atoms with Gasteiger partial charge >= 0.3 is 7.05 Å². The number of fused-ring (bicyclic) bond motifs is 1. The average Bonchev–Trinajstić information content (AvgIpc) is 2.73. The Labute approximate surface area is 188 Å². The fourth-order valence-electron chi connectivity index (χ4n) is 3.73. The number of rotatable bonds is 10. The summed E-state index contributed by atoms with van der Waals surface area (Å²) in [4.78, 5) is 13.5. The molecule has 0 amide bonds. The summed E-state index contributed by atoms with van der Waals surface area (Å²) in [6.07, 6.45) is 1.34. The number of hydrogen-bond donors (Lipinski definition) is 3. The van der Waals surface area contributed by atoms with Gasteiger partial charge in [-0.3, -0.25) is 4.79 Å². The molecular weight excluding hydrogens is 411 g/mol. The standard InChI is InChI=1S/C24H30BClN2O3/c1-16(2)22(27-12-7-13-28-25(3)30)24-20(14-17-8-5-4-6-9-17)23(29)19-11-10-18(26)15-21(19)31-24/h4-6,8-11,15-16,22,27-28,30H,7,12-14H2,1-3H3. The Hall–Kier alpha value is -2.12. The number of hydrogen-bond acceptors (Lipinski definition) is 5. The van der Waals surface area contributed by atoms with Crippen LogP contribution in [0.3, 0.4) is 0 Å². The smallest absolute Gasteiger partial charge is 0.373 e. The molecule has 164 valence electrons. The molecule has 1 atom stereocenters. The topological polar surface area (TPSA) is 74.5 Å². The lowest BCUT2D eigenvalue weighted by Gasteiger charge is -2.24. The zero-order chi connectivity index (χ0) is 22.4. The molecule has 5 nitrogen and oxygen atoms in total. The van der Waals surface area contributed by atoms with E-state index in [1.165, 1.54) is 0 Å². The molecule has 1 aromatic heterocycles. The maximum Gasteiger partial charge on any atom is 0.373 e. The molecule has 0 fully saturated rings. The minimum absolute atomic E-state index is 0.0139. The third kappa shape index (κ3) is 6.20. The van der Waals surface area contributed by atoms with E-state index in [0.29, 0.717) is 40.3 Å². The van der Waals surface area contributed by atoms with Crippen molar-refractivity contribution in [3.05, 3.63) is 80.7 Å². The molecule has 3 aromatic rings. The van der Waals surface area contributed by atoms with Crippen molar-refractivity contribution in [2.75, 3.05) is 13.1 Å². The van der Waals surface area contributed by atoms with Crippen LogP contribution in [0.1, 0.15) is 43.2 Å². The minimum atomic E-state index is -0.526. The molecule has 3 N–H and O–H groups in total. The lowest BCUT2D eigenvalue weighted by Crippen LogP contribution is -2.34. The van der Waals surface area contributed by atoms with Crippen molar-refractivity contribution in [3.63, 3.8) is 0 Å². The second-order valence-corrected chi connectivity index (χ2v) is 8.67. The molecule has 0 saturated carbocycles. The van der Waals surface area contributed by atoms with Gasteiger partial charge in [0.2, 0.25) is 0 Å². The van der Waals surface area contributed by atoms with Gasteiger partial charge in [0.05, 0.1) is 11.4 Å². The van der Waals surface area contributed by atoms with Crippen LogP contribution in [0.25, 0.3) is 11.0 Å². The Morgan fingerprint density at radius 1 is 1.13 bits per heavy atom. The van der Waals surface area contributed by atoms with Crippen molar-refractivity contribution in [1.82, 2.24) is 10.5 Å². The summed E-state index contributed by atoms with van der Waals surface area (Å²) < 4.78 is 6.34. The monoisotopic (exact) mass is 440 g/mol. The van der Waals surface area contributed by atoms with E-state index in [4.69, 9.17) is 16.0 Å². The maximum absolute atomic E-state index is 13.5. The summed E-state index contributed by atoms with van der Waals surface area (Å²) in [6, 6.07) is 15.0. The highest BCUT2D eigenvalue weighted by atomic mass is 35.5. The van der Waals surface area contributed by atoms with Gasteiger partial charge in [-0.1, -0.05) is 55.8 Å². The van der Waals surface area contributed by atoms with E-state index < -0.39 is 7.05 Å². The Morgan fingerprint density at radius 3 is 2.55 bits per heavy atom. The van der Waals surface area contributed by atoms with Gasteiger partial charge in [0.15, 0.2) is 5.43 Å². The molecule has 0 spiro atoms. The van der Waals surface area contributed by atoms with E-state index >= 15 is 0 Å². The summed E-state index contributed by atoms with van der Waals surface area (Å²) in [6.45, 7) is 7.35. The molecule has 0 aliphatic heterocycles. The maximum atomic E-state index is 13.5. The minimum Gasteiger partial charge on any atom is -0.459 e. The van der Waals surface area contributed by atoms with Crippen LogP contribution in [0, 0.1) is 5.92 Å². The van der Waals surface area contributed by atoms with Crippen LogP contribution in [0.2, 0.25) is 11.8 Å². The van der Waals surface area contributed by atoms with Gasteiger partial charge in [0.25, 0.3) is 0 Å². The van der Waals surface area contributed by atoms with Crippen molar-refractivity contribution >= 4 is 29.6 Å². The summed E-state index contributed by atoms with van der Waals surface area (Å²) in [5.74, 6) is 0.876. The van der Waals surface area contributed by atoms with Gasteiger partial charge in [0.1, 0.15) is 11.3 Å². The Balaban J connectivity index is 1.99. The highest BCUT2D eigenvalue weighted by Crippen LogP contribution is 2.29. The van der Waals surface area contributed by atoms with E-state index in [-0.39, 0.29) is 17.4 Å². The fourth-order valence-corrected chi connectivity index (χ4v) is 3.89. The van der Waals surface area contributed by atoms with Gasteiger partial charge < -0.3 is 20.0 Å². The van der Waals surface area contributed by atoms with Crippen molar-refractivity contribution < 1.29 is 9.44 Å². The Bertz CT molecular complexity index is 1050. The largest absolute Gasteiger partial charge is 0.459 e. The summed E-state index contributed by atoms with van der Waals surface area (Å²) >= 11 is 6.17. The number of benzene rings is 2. The Kier molecular flexibility index (Phi) is 8.32. The van der Waals surface area contributed by atoms with Crippen LogP contribution in [0.5, 0.6) is 0 Å². The first-order valence-corrected chi connectivity index (χ1v) is 11.2. The molecule has 7 heteroatoms. The van der Waals surface area contributed by atoms with Gasteiger partial charge in [-0.15, -0.1) is 0 Å². The molecule has 3 rings (SSSR count). The van der Waals surface area contributed by atoms with Crippen molar-refractivity contribution in [2.24, 2.45) is 5.92 Å². The zero-order valence-corrected chi connectivity index (χ0v) is 19.1. The molecule has 31 heavy (non-hydrogen) atoms. The normalized spacial score (nSPS) is 12.5. The first kappa shape index (κ1) is 23.5. The lowest BCUT2D eigenvalue weighted by atomic mass is 9.89. The molecule has 2 aromatic carbocycles. The van der Waals surface area contributed by atoms with E-state index in [0.717, 1.165) is 18.5 Å². The average molecular weight is 441 g/mol. The van der Waals surface area contributed by atoms with E-state index in [9.17, 15) is 9.82 Å². The van der Waals surface area contributed by atoms with Crippen LogP contribution in [-0.4, -0.2) is 25.2 Å². The van der Waals surface area contributed by atoms with E-state index in [2.05, 4.69) is 24.4 Å². The van der Waals surface area contributed by atoms with E-state index in [1.807, 2.05) is 30.3 Å². The summed E-state index contributed by atoms with van der Waals surface area (Å²) in [5, 5.41) is 17.0. The second-order valence-electron chi connectivity index (χ2n) is 8.24. The van der Waals surface area contributed by atoms with Gasteiger partial charge in [-0.25, -0.2) is 0 Å². The van der Waals surface area contributed by atoms with Crippen molar-refractivity contribution in [3.8, 4) is 0 Å². The van der Waals surface area contributed by atoms with Crippen molar-refractivity contribution in [1.29, 1.82) is 0 Å². The first-order chi connectivity index (χ1) is 14.9. The summed E-state index contributed by atoms with van der Waals surface area (Å²) in [7, 11) is -0.526. The van der Waals surface area contributed by atoms with E-state index in [1.54, 1.807) is 25.0 Å². The highest BCUT2D eigenvalue weighted by Gasteiger charge is 2.25. The molecule has 0 radical (unpaired) electrons. The number of nitrogens with one attached hydrogen (secondary N) is 2. The quantitative estimate of drug-likeness (QED) is 0.321. The fraction of sp³-hybridized carbons (Fsp3) is 0.375. The van der Waals surface area contributed by atoms with Crippen LogP contribution in [0.4, 0.5) is 0 Å². The molecule has 1 heterocycles. The molecule has 0 aliphatic carbocycles. The third-order valence-electron chi connectivity index (χ3n) is 5.31. The number of halogens is 1. The lowest BCUT2D eigenvalue weighted by molar-refractivity contribution is 0.341. The van der Waals surface area contributed by atoms with Gasteiger partial charge in [-0.05, 0) is 49.9 Å². The summed E-state index contributed by atoms with van der Waals surface area (Å²) in [5.41, 5.74) is 2.23. The predicted octanol–water partition coefficient (Wildman–Crippen LogP) is 4.41. The first-order valence-electron chi connectivity index (χ1n) is 10.8. The van der Waals surface area contributed by atoms with Gasteiger partial charge in [0, 0.05) is 23.1 Å². The molecule has 0 aliphatic rings. The molecule has 1 unspecified atom stereocenters. The molecular formula is C24H30BClN2O3. The molecule has 0 saturated heterocycles. The van der Waals surface area contributed by atoms with Crippen LogP contribution < -0.4 is 16.0 Å². The Morgan fingerprint density at radius 2 is 1.87 bits per heavy atom. The molecule has 0 bridgehead atoms. The van der Waals surface area contributed by atoms with Gasteiger partial charge in [-0.2, -0.15) is 0 Å². The van der Waals surface area contributed by atoms with Crippen molar-refractivity contribution in [2.45, 2.75) is 39.6 Å². The third-order valence-corrected chi connectivity index (χ3v) is 5.55. The SMILES string of the molecule is CB(O)NCCCNC(c1oc2cc(Cl)ccc2c(=O)c1Cc1ccccc1)C(C)C. The highest BCUT2D eigenvalue weighted by molar-refractivity contribution is 6.45. The second kappa shape index (κ2) is 11.0. The van der Waals surface area contributed by atoms with Crippen LogP contribution in [0.15, 0.2) is 57.7 Å².